The van der Waals surface area contributed by atoms with E-state index in [9.17, 15) is 13.2 Å². The molecular formula is C11H14O4S. The molecule has 0 radical (unpaired) electrons. The third-order valence-electron chi connectivity index (χ3n) is 2.31. The Labute approximate surface area is 94.8 Å². The van der Waals surface area contributed by atoms with Gasteiger partial charge in [-0.15, -0.1) is 0 Å². The molecule has 4 nitrogen and oxygen atoms in total. The number of rotatable bonds is 3. The predicted octanol–water partition coefficient (Wildman–Crippen LogP) is 1.91. The van der Waals surface area contributed by atoms with Crippen LogP contribution in [0.3, 0.4) is 0 Å². The molecule has 0 fully saturated rings. The molecule has 0 bridgehead atoms. The summed E-state index contributed by atoms with van der Waals surface area (Å²) in [6.45, 7) is 3.73. The van der Waals surface area contributed by atoms with Crippen molar-refractivity contribution >= 4 is 15.8 Å². The first-order valence-corrected chi connectivity index (χ1v) is 6.70. The van der Waals surface area contributed by atoms with Gasteiger partial charge in [-0.2, -0.15) is 0 Å². The first kappa shape index (κ1) is 12.7. The Morgan fingerprint density at radius 2 is 1.88 bits per heavy atom. The fourth-order valence-corrected chi connectivity index (χ4v) is 2.10. The van der Waals surface area contributed by atoms with E-state index in [0.29, 0.717) is 5.56 Å². The molecule has 1 N–H and O–H groups in total. The van der Waals surface area contributed by atoms with Crippen molar-refractivity contribution in [2.75, 3.05) is 6.26 Å². The largest absolute Gasteiger partial charge is 0.478 e. The lowest BCUT2D eigenvalue weighted by molar-refractivity contribution is 0.0695. The van der Waals surface area contributed by atoms with Crippen molar-refractivity contribution in [1.29, 1.82) is 0 Å². The van der Waals surface area contributed by atoms with Crippen molar-refractivity contribution in [2.24, 2.45) is 0 Å². The summed E-state index contributed by atoms with van der Waals surface area (Å²) in [5.41, 5.74) is 0.692. The van der Waals surface area contributed by atoms with Gasteiger partial charge in [-0.3, -0.25) is 0 Å². The normalized spacial score (nSPS) is 11.8. The third kappa shape index (κ3) is 2.61. The molecule has 0 aliphatic heterocycles. The van der Waals surface area contributed by atoms with Gasteiger partial charge in [0.1, 0.15) is 0 Å². The maximum atomic E-state index is 11.3. The van der Waals surface area contributed by atoms with E-state index in [4.69, 9.17) is 5.11 Å². The fourth-order valence-electron chi connectivity index (χ4n) is 1.45. The molecule has 0 aliphatic rings. The molecule has 5 heteroatoms. The molecule has 88 valence electrons. The Morgan fingerprint density at radius 1 is 1.31 bits per heavy atom. The standard InChI is InChI=1S/C11H14O4S/c1-7(2)9-5-4-8(16(3,14)15)6-10(9)11(12)13/h4-7H,1-3H3,(H,12,13). The highest BCUT2D eigenvalue weighted by Gasteiger charge is 2.16. The summed E-state index contributed by atoms with van der Waals surface area (Å²) >= 11 is 0. The van der Waals surface area contributed by atoms with Gasteiger partial charge in [0.25, 0.3) is 0 Å². The van der Waals surface area contributed by atoms with Crippen molar-refractivity contribution in [3.8, 4) is 0 Å². The zero-order valence-corrected chi connectivity index (χ0v) is 10.2. The molecule has 0 saturated heterocycles. The van der Waals surface area contributed by atoms with Gasteiger partial charge >= 0.3 is 5.97 Å². The maximum Gasteiger partial charge on any atom is 0.336 e. The van der Waals surface area contributed by atoms with Crippen LogP contribution in [0.25, 0.3) is 0 Å². The topological polar surface area (TPSA) is 71.4 Å². The molecule has 0 aromatic heterocycles. The SMILES string of the molecule is CC(C)c1ccc(S(C)(=O)=O)cc1C(=O)O. The van der Waals surface area contributed by atoms with Crippen LogP contribution in [0.15, 0.2) is 23.1 Å². The van der Waals surface area contributed by atoms with Gasteiger partial charge < -0.3 is 5.11 Å². The van der Waals surface area contributed by atoms with Crippen molar-refractivity contribution in [2.45, 2.75) is 24.7 Å². The number of hydrogen-bond donors (Lipinski definition) is 1. The van der Waals surface area contributed by atoms with Gasteiger partial charge in [0, 0.05) is 6.26 Å². The summed E-state index contributed by atoms with van der Waals surface area (Å²) in [4.78, 5) is 11.0. The molecule has 16 heavy (non-hydrogen) atoms. The van der Waals surface area contributed by atoms with Crippen molar-refractivity contribution < 1.29 is 18.3 Å². The molecular weight excluding hydrogens is 228 g/mol. The highest BCUT2D eigenvalue weighted by atomic mass is 32.2. The Balaban J connectivity index is 3.46. The second-order valence-electron chi connectivity index (χ2n) is 3.98. The van der Waals surface area contributed by atoms with E-state index in [2.05, 4.69) is 0 Å². The second kappa shape index (κ2) is 4.25. The van der Waals surface area contributed by atoms with Gasteiger partial charge in [-0.05, 0) is 23.6 Å². The number of carbonyl (C=O) groups is 1. The number of sulfone groups is 1. The zero-order chi connectivity index (χ0) is 12.5. The molecule has 0 atom stereocenters. The number of carboxylic acid groups (broad SMARTS) is 1. The van der Waals surface area contributed by atoms with Crippen molar-refractivity contribution in [3.63, 3.8) is 0 Å². The summed E-state index contributed by atoms with van der Waals surface area (Å²) in [5, 5.41) is 9.01. The zero-order valence-electron chi connectivity index (χ0n) is 9.39. The number of hydrogen-bond acceptors (Lipinski definition) is 3. The quantitative estimate of drug-likeness (QED) is 0.878. The van der Waals surface area contributed by atoms with Crippen LogP contribution in [0.4, 0.5) is 0 Å². The average molecular weight is 242 g/mol. The van der Waals surface area contributed by atoms with E-state index < -0.39 is 15.8 Å². The Bertz CT molecular complexity index is 515. The summed E-state index contributed by atoms with van der Waals surface area (Å²) in [7, 11) is -3.36. The first-order chi connectivity index (χ1) is 7.23. The van der Waals surface area contributed by atoms with Crippen LogP contribution < -0.4 is 0 Å². The molecule has 0 unspecified atom stereocenters. The van der Waals surface area contributed by atoms with Crippen molar-refractivity contribution in [1.82, 2.24) is 0 Å². The highest BCUT2D eigenvalue weighted by molar-refractivity contribution is 7.90. The third-order valence-corrected chi connectivity index (χ3v) is 3.42. The van der Waals surface area contributed by atoms with Crippen LogP contribution in [-0.2, 0) is 9.84 Å². The van der Waals surface area contributed by atoms with Crippen LogP contribution in [0.2, 0.25) is 0 Å². The van der Waals surface area contributed by atoms with Gasteiger partial charge in [0.05, 0.1) is 10.5 Å². The maximum absolute atomic E-state index is 11.3. The highest BCUT2D eigenvalue weighted by Crippen LogP contribution is 2.22. The van der Waals surface area contributed by atoms with Gasteiger partial charge in [-0.25, -0.2) is 13.2 Å². The van der Waals surface area contributed by atoms with Crippen LogP contribution in [0.5, 0.6) is 0 Å². The lowest BCUT2D eigenvalue weighted by atomic mass is 9.97. The van der Waals surface area contributed by atoms with Crippen molar-refractivity contribution in [3.05, 3.63) is 29.3 Å². The molecule has 0 spiro atoms. The molecule has 1 aromatic carbocycles. The molecule has 0 saturated carbocycles. The summed E-state index contributed by atoms with van der Waals surface area (Å²) in [6, 6.07) is 4.22. The number of aromatic carboxylic acids is 1. The van der Waals surface area contributed by atoms with E-state index in [0.717, 1.165) is 6.26 Å². The lowest BCUT2D eigenvalue weighted by Gasteiger charge is -2.10. The minimum absolute atomic E-state index is 0.0364. The first-order valence-electron chi connectivity index (χ1n) is 4.80. The Hall–Kier alpha value is -1.36. The smallest absolute Gasteiger partial charge is 0.336 e. The van der Waals surface area contributed by atoms with Crippen LogP contribution >= 0.6 is 0 Å². The lowest BCUT2D eigenvalue weighted by Crippen LogP contribution is -2.07. The Morgan fingerprint density at radius 3 is 2.25 bits per heavy atom. The van der Waals surface area contributed by atoms with Crippen LogP contribution in [-0.4, -0.2) is 25.7 Å². The molecule has 0 amide bonds. The second-order valence-corrected chi connectivity index (χ2v) is 6.00. The van der Waals surface area contributed by atoms with E-state index in [1.807, 2.05) is 13.8 Å². The number of benzene rings is 1. The van der Waals surface area contributed by atoms with Gasteiger partial charge in [-0.1, -0.05) is 19.9 Å². The van der Waals surface area contributed by atoms with Gasteiger partial charge in [0.2, 0.25) is 0 Å². The van der Waals surface area contributed by atoms with Crippen LogP contribution in [0, 0.1) is 0 Å². The minimum atomic E-state index is -3.36. The molecule has 0 heterocycles. The average Bonchev–Trinajstić information content (AvgIpc) is 2.15. The Kier molecular flexibility index (Phi) is 3.38. The van der Waals surface area contributed by atoms with E-state index in [-0.39, 0.29) is 16.4 Å². The van der Waals surface area contributed by atoms with E-state index >= 15 is 0 Å². The molecule has 1 rings (SSSR count). The molecule has 0 aliphatic carbocycles. The predicted molar refractivity (Wildman–Crippen MR) is 60.6 cm³/mol. The molecule has 1 aromatic rings. The minimum Gasteiger partial charge on any atom is -0.478 e. The summed E-state index contributed by atoms with van der Waals surface area (Å²) < 4.78 is 22.6. The summed E-state index contributed by atoms with van der Waals surface area (Å²) in [5.74, 6) is -1.06. The van der Waals surface area contributed by atoms with Gasteiger partial charge in [0.15, 0.2) is 9.84 Å². The van der Waals surface area contributed by atoms with E-state index in [1.54, 1.807) is 6.07 Å². The fraction of sp³-hybridized carbons (Fsp3) is 0.364. The number of carboxylic acids is 1. The van der Waals surface area contributed by atoms with Crippen LogP contribution in [0.1, 0.15) is 35.7 Å². The monoisotopic (exact) mass is 242 g/mol. The summed E-state index contributed by atoms with van der Waals surface area (Å²) in [6.07, 6.45) is 1.06. The van der Waals surface area contributed by atoms with E-state index in [1.165, 1.54) is 12.1 Å².